The third-order valence-electron chi connectivity index (χ3n) is 4.22. The first-order chi connectivity index (χ1) is 10.5. The maximum absolute atomic E-state index is 11.0. The van der Waals surface area contributed by atoms with E-state index < -0.39 is 5.60 Å². The van der Waals surface area contributed by atoms with Crippen LogP contribution in [0.3, 0.4) is 0 Å². The lowest BCUT2D eigenvalue weighted by Gasteiger charge is -2.37. The van der Waals surface area contributed by atoms with Gasteiger partial charge in [0.1, 0.15) is 11.3 Å². The summed E-state index contributed by atoms with van der Waals surface area (Å²) in [6, 6.07) is 2.26. The number of piperidine rings is 1. The van der Waals surface area contributed by atoms with E-state index >= 15 is 0 Å². The van der Waals surface area contributed by atoms with E-state index in [4.69, 9.17) is 0 Å². The lowest BCUT2D eigenvalue weighted by Crippen LogP contribution is -2.46. The second-order valence-corrected chi connectivity index (χ2v) is 6.50. The van der Waals surface area contributed by atoms with E-state index in [2.05, 4.69) is 34.2 Å². The van der Waals surface area contributed by atoms with Crippen LogP contribution in [0.2, 0.25) is 0 Å². The van der Waals surface area contributed by atoms with E-state index in [-0.39, 0.29) is 6.04 Å². The highest BCUT2D eigenvalue weighted by Gasteiger charge is 2.37. The van der Waals surface area contributed by atoms with E-state index in [1.54, 1.807) is 9.36 Å². The molecule has 1 fully saturated rings. The van der Waals surface area contributed by atoms with Gasteiger partial charge in [0, 0.05) is 32.4 Å². The van der Waals surface area contributed by atoms with Gasteiger partial charge >= 0.3 is 0 Å². The zero-order valence-corrected chi connectivity index (χ0v) is 13.5. The number of aromatic nitrogens is 5. The van der Waals surface area contributed by atoms with E-state index in [1.165, 1.54) is 0 Å². The fourth-order valence-corrected chi connectivity index (χ4v) is 2.99. The lowest BCUT2D eigenvalue weighted by atomic mass is 9.90. The Labute approximate surface area is 130 Å². The lowest BCUT2D eigenvalue weighted by molar-refractivity contribution is -0.0417. The first kappa shape index (κ1) is 15.2. The predicted octanol–water partition coefficient (Wildman–Crippen LogP) is 1.08. The van der Waals surface area contributed by atoms with Crippen LogP contribution in [0, 0.1) is 0 Å². The van der Waals surface area contributed by atoms with Crippen LogP contribution in [0.25, 0.3) is 0 Å². The van der Waals surface area contributed by atoms with Crippen molar-refractivity contribution in [2.75, 3.05) is 13.1 Å². The zero-order valence-electron chi connectivity index (χ0n) is 13.5. The molecular weight excluding hydrogens is 280 g/mol. The number of nitrogens with zero attached hydrogens (tertiary/aromatic N) is 6. The second-order valence-electron chi connectivity index (χ2n) is 6.50. The van der Waals surface area contributed by atoms with Crippen molar-refractivity contribution in [1.29, 1.82) is 0 Å². The summed E-state index contributed by atoms with van der Waals surface area (Å²) in [7, 11) is 1.92. The SMILES string of the molecule is CC(C)n1cc(C2(O)CCCN(Cc3ccn(C)n3)C2)nn1. The van der Waals surface area contributed by atoms with Crippen molar-refractivity contribution >= 4 is 0 Å². The molecule has 0 saturated carbocycles. The number of aliphatic hydroxyl groups is 1. The van der Waals surface area contributed by atoms with Gasteiger partial charge in [-0.25, -0.2) is 4.68 Å². The van der Waals surface area contributed by atoms with E-state index in [1.807, 2.05) is 25.5 Å². The van der Waals surface area contributed by atoms with Gasteiger partial charge in [-0.2, -0.15) is 5.10 Å². The molecule has 120 valence electrons. The summed E-state index contributed by atoms with van der Waals surface area (Å²) in [5.41, 5.74) is 0.782. The molecule has 0 aliphatic carbocycles. The van der Waals surface area contributed by atoms with E-state index in [9.17, 15) is 5.11 Å². The molecule has 0 bridgehead atoms. The van der Waals surface area contributed by atoms with Crippen LogP contribution in [0.1, 0.15) is 44.1 Å². The maximum Gasteiger partial charge on any atom is 0.123 e. The monoisotopic (exact) mass is 304 g/mol. The van der Waals surface area contributed by atoms with Gasteiger partial charge in [0.25, 0.3) is 0 Å². The summed E-state index contributed by atoms with van der Waals surface area (Å²) in [4.78, 5) is 2.24. The molecule has 22 heavy (non-hydrogen) atoms. The Morgan fingerprint density at radius 1 is 1.41 bits per heavy atom. The van der Waals surface area contributed by atoms with Gasteiger partial charge < -0.3 is 5.11 Å². The van der Waals surface area contributed by atoms with Crippen LogP contribution in [0.5, 0.6) is 0 Å². The number of hydrogen-bond donors (Lipinski definition) is 1. The fraction of sp³-hybridized carbons (Fsp3) is 0.667. The van der Waals surface area contributed by atoms with Gasteiger partial charge in [0.2, 0.25) is 0 Å². The van der Waals surface area contributed by atoms with Crippen molar-refractivity contribution in [2.45, 2.75) is 44.9 Å². The van der Waals surface area contributed by atoms with Crippen LogP contribution in [-0.4, -0.2) is 47.9 Å². The average Bonchev–Trinajstić information content (AvgIpc) is 3.08. The molecule has 3 rings (SSSR count). The Morgan fingerprint density at radius 2 is 2.23 bits per heavy atom. The summed E-state index contributed by atoms with van der Waals surface area (Å²) < 4.78 is 3.60. The molecule has 1 aliphatic rings. The third-order valence-corrected chi connectivity index (χ3v) is 4.22. The maximum atomic E-state index is 11.0. The van der Waals surface area contributed by atoms with Gasteiger partial charge in [-0.3, -0.25) is 9.58 Å². The molecule has 1 saturated heterocycles. The summed E-state index contributed by atoms with van der Waals surface area (Å²) in [5.74, 6) is 0. The smallest absolute Gasteiger partial charge is 0.123 e. The van der Waals surface area contributed by atoms with Gasteiger partial charge in [-0.1, -0.05) is 5.21 Å². The Hall–Kier alpha value is -1.73. The Kier molecular flexibility index (Phi) is 4.01. The third kappa shape index (κ3) is 3.05. The van der Waals surface area contributed by atoms with Crippen molar-refractivity contribution in [3.05, 3.63) is 29.8 Å². The molecule has 7 nitrogen and oxygen atoms in total. The van der Waals surface area contributed by atoms with Crippen LogP contribution in [0.15, 0.2) is 18.5 Å². The van der Waals surface area contributed by atoms with Crippen LogP contribution in [-0.2, 0) is 19.2 Å². The minimum absolute atomic E-state index is 0.248. The summed E-state index contributed by atoms with van der Waals surface area (Å²) in [6.07, 6.45) is 5.48. The Balaban J connectivity index is 1.72. The van der Waals surface area contributed by atoms with Gasteiger partial charge in [0.05, 0.1) is 11.9 Å². The van der Waals surface area contributed by atoms with Crippen LogP contribution < -0.4 is 0 Å². The molecular formula is C15H24N6O. The molecule has 7 heteroatoms. The molecule has 2 aromatic heterocycles. The highest BCUT2D eigenvalue weighted by atomic mass is 16.3. The van der Waals surface area contributed by atoms with Crippen molar-refractivity contribution in [3.8, 4) is 0 Å². The quantitative estimate of drug-likeness (QED) is 0.915. The van der Waals surface area contributed by atoms with Crippen molar-refractivity contribution < 1.29 is 5.11 Å². The summed E-state index contributed by atoms with van der Waals surface area (Å²) >= 11 is 0. The molecule has 1 N–H and O–H groups in total. The van der Waals surface area contributed by atoms with Gasteiger partial charge in [0.15, 0.2) is 0 Å². The minimum atomic E-state index is -0.916. The van der Waals surface area contributed by atoms with Crippen LogP contribution in [0.4, 0.5) is 0 Å². The first-order valence-corrected chi connectivity index (χ1v) is 7.82. The molecule has 0 aromatic carbocycles. The van der Waals surface area contributed by atoms with Crippen molar-refractivity contribution in [2.24, 2.45) is 7.05 Å². The van der Waals surface area contributed by atoms with Crippen molar-refractivity contribution in [1.82, 2.24) is 29.7 Å². The molecule has 0 radical (unpaired) electrons. The largest absolute Gasteiger partial charge is 0.382 e. The molecule has 0 amide bonds. The molecule has 0 spiro atoms. The molecule has 1 unspecified atom stereocenters. The van der Waals surface area contributed by atoms with Gasteiger partial charge in [-0.15, -0.1) is 5.10 Å². The topological polar surface area (TPSA) is 72.0 Å². The summed E-state index contributed by atoms with van der Waals surface area (Å²) in [5, 5.41) is 23.7. The summed E-state index contributed by atoms with van der Waals surface area (Å²) in [6.45, 7) is 6.40. The molecule has 3 heterocycles. The normalized spacial score (nSPS) is 23.3. The molecule has 1 aliphatic heterocycles. The highest BCUT2D eigenvalue weighted by molar-refractivity contribution is 5.10. The highest BCUT2D eigenvalue weighted by Crippen LogP contribution is 2.31. The van der Waals surface area contributed by atoms with Crippen molar-refractivity contribution in [3.63, 3.8) is 0 Å². The number of likely N-dealkylation sites (tertiary alicyclic amines) is 1. The first-order valence-electron chi connectivity index (χ1n) is 7.82. The average molecular weight is 304 g/mol. The van der Waals surface area contributed by atoms with E-state index in [0.29, 0.717) is 12.2 Å². The van der Waals surface area contributed by atoms with Crippen LogP contribution >= 0.6 is 0 Å². The predicted molar refractivity (Wildman–Crippen MR) is 82.0 cm³/mol. The Morgan fingerprint density at radius 3 is 2.86 bits per heavy atom. The standard InChI is InChI=1S/C15H24N6O/c1-12(2)21-10-14(16-18-21)15(22)6-4-7-20(11-15)9-13-5-8-19(3)17-13/h5,8,10,12,22H,4,6-7,9,11H2,1-3H3. The number of hydrogen-bond acceptors (Lipinski definition) is 5. The zero-order chi connectivity index (χ0) is 15.7. The van der Waals surface area contributed by atoms with E-state index in [0.717, 1.165) is 31.6 Å². The molecule has 2 aromatic rings. The van der Waals surface area contributed by atoms with Gasteiger partial charge in [-0.05, 0) is 39.3 Å². The second kappa shape index (κ2) is 5.81. The Bertz CT molecular complexity index is 634. The minimum Gasteiger partial charge on any atom is -0.382 e. The number of β-amino-alcohol motifs (C(OH)–C–C–N with tert-alkyl or cyclic N) is 1. The number of rotatable bonds is 4. The molecule has 1 atom stereocenters. The fourth-order valence-electron chi connectivity index (χ4n) is 2.99. The number of aryl methyl sites for hydroxylation is 1.